The van der Waals surface area contributed by atoms with Crippen molar-refractivity contribution in [1.82, 2.24) is 9.55 Å². The standard InChI is InChI=1S/C25H23N3O3S/c1-17-26-24-9-5-4-8-23(24)25(29)28(17)21-13-11-20(12-14-21)27-32(30,31)22-15-10-18-6-2-3-7-19(18)16-22/h4-5,8-16,27H,2-3,6-7H2,1H3. The average Bonchev–Trinajstić information content (AvgIpc) is 2.79. The Bertz CT molecular complexity index is 1490. The Hall–Kier alpha value is -3.45. The molecule has 0 fully saturated rings. The number of aryl methyl sites for hydroxylation is 3. The van der Waals surface area contributed by atoms with Crippen molar-refractivity contribution >= 4 is 26.6 Å². The monoisotopic (exact) mass is 445 g/mol. The van der Waals surface area contributed by atoms with E-state index in [2.05, 4.69) is 9.71 Å². The highest BCUT2D eigenvalue weighted by molar-refractivity contribution is 7.92. The molecule has 1 N–H and O–H groups in total. The van der Waals surface area contributed by atoms with E-state index in [0.29, 0.717) is 28.1 Å². The Morgan fingerprint density at radius 3 is 2.41 bits per heavy atom. The number of aromatic nitrogens is 2. The third-order valence-corrected chi connectivity index (χ3v) is 7.33. The first-order chi connectivity index (χ1) is 15.4. The number of nitrogens with zero attached hydrogens (tertiary/aromatic N) is 2. The number of sulfonamides is 1. The van der Waals surface area contributed by atoms with Gasteiger partial charge >= 0.3 is 0 Å². The van der Waals surface area contributed by atoms with Gasteiger partial charge in [0.25, 0.3) is 15.6 Å². The van der Waals surface area contributed by atoms with Crippen molar-refractivity contribution in [3.8, 4) is 5.69 Å². The van der Waals surface area contributed by atoms with E-state index in [1.54, 1.807) is 49.4 Å². The smallest absolute Gasteiger partial charge is 0.265 e. The van der Waals surface area contributed by atoms with Gasteiger partial charge in [-0.15, -0.1) is 0 Å². The van der Waals surface area contributed by atoms with Crippen molar-refractivity contribution in [2.45, 2.75) is 37.5 Å². The van der Waals surface area contributed by atoms with Gasteiger partial charge in [-0.1, -0.05) is 18.2 Å². The number of fused-ring (bicyclic) bond motifs is 2. The first-order valence-corrected chi connectivity index (χ1v) is 12.1. The third-order valence-electron chi connectivity index (χ3n) is 5.95. The molecule has 0 saturated heterocycles. The van der Waals surface area contributed by atoms with Gasteiger partial charge < -0.3 is 0 Å². The maximum Gasteiger partial charge on any atom is 0.265 e. The molecule has 6 nitrogen and oxygen atoms in total. The minimum absolute atomic E-state index is 0.157. The molecule has 32 heavy (non-hydrogen) atoms. The zero-order valence-electron chi connectivity index (χ0n) is 17.7. The van der Waals surface area contributed by atoms with Crippen molar-refractivity contribution in [2.24, 2.45) is 0 Å². The van der Waals surface area contributed by atoms with Crippen LogP contribution in [0.3, 0.4) is 0 Å². The summed E-state index contributed by atoms with van der Waals surface area (Å²) in [5.41, 5.74) is 3.92. The molecule has 0 radical (unpaired) electrons. The maximum atomic E-state index is 13.0. The van der Waals surface area contributed by atoms with E-state index in [0.717, 1.165) is 31.2 Å². The zero-order valence-corrected chi connectivity index (χ0v) is 18.5. The molecule has 0 amide bonds. The van der Waals surface area contributed by atoms with Crippen LogP contribution in [0.2, 0.25) is 0 Å². The van der Waals surface area contributed by atoms with Gasteiger partial charge in [-0.25, -0.2) is 13.4 Å². The Morgan fingerprint density at radius 1 is 0.906 bits per heavy atom. The summed E-state index contributed by atoms with van der Waals surface area (Å²) in [6.07, 6.45) is 4.17. The molecule has 1 aliphatic carbocycles. The molecule has 162 valence electrons. The number of para-hydroxylation sites is 1. The Kier molecular flexibility index (Phi) is 5.06. The van der Waals surface area contributed by atoms with Crippen LogP contribution in [0.4, 0.5) is 5.69 Å². The highest BCUT2D eigenvalue weighted by Crippen LogP contribution is 2.25. The fourth-order valence-electron chi connectivity index (χ4n) is 4.32. The highest BCUT2D eigenvalue weighted by atomic mass is 32.2. The predicted molar refractivity (Wildman–Crippen MR) is 126 cm³/mol. The minimum Gasteiger partial charge on any atom is -0.280 e. The van der Waals surface area contributed by atoms with E-state index in [4.69, 9.17) is 0 Å². The van der Waals surface area contributed by atoms with Crippen LogP contribution in [-0.2, 0) is 22.9 Å². The van der Waals surface area contributed by atoms with Crippen LogP contribution < -0.4 is 10.3 Å². The molecular weight excluding hydrogens is 422 g/mol. The van der Waals surface area contributed by atoms with Crippen LogP contribution in [0, 0.1) is 6.92 Å². The Balaban J connectivity index is 1.44. The molecular formula is C25H23N3O3S. The Labute approximate surface area is 186 Å². The summed E-state index contributed by atoms with van der Waals surface area (Å²) in [5.74, 6) is 0.566. The van der Waals surface area contributed by atoms with E-state index >= 15 is 0 Å². The van der Waals surface area contributed by atoms with E-state index in [1.807, 2.05) is 24.3 Å². The second-order valence-corrected chi connectivity index (χ2v) is 9.79. The molecule has 7 heteroatoms. The molecule has 0 bridgehead atoms. The summed E-state index contributed by atoms with van der Waals surface area (Å²) in [6, 6.07) is 19.4. The molecule has 0 saturated carbocycles. The molecule has 0 aliphatic heterocycles. The fraction of sp³-hybridized carbons (Fsp3) is 0.200. The number of hydrogen-bond acceptors (Lipinski definition) is 4. The summed E-state index contributed by atoms with van der Waals surface area (Å²) in [5, 5.41) is 0.537. The molecule has 3 aromatic carbocycles. The first kappa shape index (κ1) is 20.5. The summed E-state index contributed by atoms with van der Waals surface area (Å²) < 4.78 is 30.0. The van der Waals surface area contributed by atoms with Gasteiger partial charge in [0, 0.05) is 5.69 Å². The molecule has 4 aromatic rings. The van der Waals surface area contributed by atoms with Crippen molar-refractivity contribution in [1.29, 1.82) is 0 Å². The highest BCUT2D eigenvalue weighted by Gasteiger charge is 2.18. The van der Waals surface area contributed by atoms with Crippen LogP contribution in [0.1, 0.15) is 29.8 Å². The van der Waals surface area contributed by atoms with Crippen LogP contribution in [0.25, 0.3) is 16.6 Å². The molecule has 0 unspecified atom stereocenters. The minimum atomic E-state index is -3.70. The molecule has 0 atom stereocenters. The summed E-state index contributed by atoms with van der Waals surface area (Å²) in [4.78, 5) is 17.8. The summed E-state index contributed by atoms with van der Waals surface area (Å²) in [7, 11) is -3.70. The van der Waals surface area contributed by atoms with E-state index in [9.17, 15) is 13.2 Å². The van der Waals surface area contributed by atoms with E-state index in [-0.39, 0.29) is 10.5 Å². The van der Waals surface area contributed by atoms with E-state index < -0.39 is 10.0 Å². The average molecular weight is 446 g/mol. The van der Waals surface area contributed by atoms with Gasteiger partial charge in [0.1, 0.15) is 5.82 Å². The number of anilines is 1. The molecule has 5 rings (SSSR count). The number of hydrogen-bond donors (Lipinski definition) is 1. The number of rotatable bonds is 4. The van der Waals surface area contributed by atoms with Crippen molar-refractivity contribution < 1.29 is 8.42 Å². The normalized spacial score (nSPS) is 13.7. The Morgan fingerprint density at radius 2 is 1.62 bits per heavy atom. The first-order valence-electron chi connectivity index (χ1n) is 10.7. The quantitative estimate of drug-likeness (QED) is 0.506. The second-order valence-electron chi connectivity index (χ2n) is 8.11. The lowest BCUT2D eigenvalue weighted by Crippen LogP contribution is -2.22. The van der Waals surface area contributed by atoms with Crippen molar-refractivity contribution in [2.75, 3.05) is 4.72 Å². The zero-order chi connectivity index (χ0) is 22.3. The topological polar surface area (TPSA) is 81.1 Å². The van der Waals surface area contributed by atoms with Gasteiger partial charge in [0.05, 0.1) is 21.5 Å². The molecule has 1 heterocycles. The van der Waals surface area contributed by atoms with Crippen LogP contribution >= 0.6 is 0 Å². The van der Waals surface area contributed by atoms with Crippen LogP contribution in [-0.4, -0.2) is 18.0 Å². The van der Waals surface area contributed by atoms with Crippen molar-refractivity contribution in [3.63, 3.8) is 0 Å². The molecule has 1 aliphatic rings. The van der Waals surface area contributed by atoms with Gasteiger partial charge in [-0.3, -0.25) is 14.1 Å². The SMILES string of the molecule is Cc1nc2ccccc2c(=O)n1-c1ccc(NS(=O)(=O)c2ccc3c(c2)CCCC3)cc1. The largest absolute Gasteiger partial charge is 0.280 e. The summed E-state index contributed by atoms with van der Waals surface area (Å²) >= 11 is 0. The number of benzene rings is 3. The molecule has 0 spiro atoms. The van der Waals surface area contributed by atoms with Gasteiger partial charge in [0.2, 0.25) is 0 Å². The van der Waals surface area contributed by atoms with E-state index in [1.165, 1.54) is 10.1 Å². The second kappa shape index (κ2) is 7.91. The van der Waals surface area contributed by atoms with Crippen molar-refractivity contribution in [3.05, 3.63) is 94.0 Å². The van der Waals surface area contributed by atoms with Gasteiger partial charge in [-0.05, 0) is 92.3 Å². The maximum absolute atomic E-state index is 13.0. The van der Waals surface area contributed by atoms with Gasteiger partial charge in [-0.2, -0.15) is 0 Å². The van der Waals surface area contributed by atoms with Crippen LogP contribution in [0.5, 0.6) is 0 Å². The predicted octanol–water partition coefficient (Wildman–Crippen LogP) is 4.37. The lowest BCUT2D eigenvalue weighted by atomic mass is 9.92. The van der Waals surface area contributed by atoms with Gasteiger partial charge in [0.15, 0.2) is 0 Å². The molecule has 1 aromatic heterocycles. The lowest BCUT2D eigenvalue weighted by Gasteiger charge is -2.17. The third kappa shape index (κ3) is 3.69. The number of nitrogens with one attached hydrogen (secondary N) is 1. The fourth-order valence-corrected chi connectivity index (χ4v) is 5.43. The summed E-state index contributed by atoms with van der Waals surface area (Å²) in [6.45, 7) is 1.78. The van der Waals surface area contributed by atoms with Crippen LogP contribution in [0.15, 0.2) is 76.4 Å². The lowest BCUT2D eigenvalue weighted by molar-refractivity contribution is 0.600.